The van der Waals surface area contributed by atoms with Gasteiger partial charge in [0.1, 0.15) is 11.2 Å². The minimum atomic E-state index is -0.933. The van der Waals surface area contributed by atoms with Crippen molar-refractivity contribution in [2.45, 2.75) is 76.4 Å². The Bertz CT molecular complexity index is 1030. The number of carbonyl (C=O) groups excluding carboxylic acids is 2. The molecular formula is C27H41N5O3. The van der Waals surface area contributed by atoms with Gasteiger partial charge in [0, 0.05) is 50.9 Å². The van der Waals surface area contributed by atoms with E-state index in [0.29, 0.717) is 24.4 Å². The van der Waals surface area contributed by atoms with E-state index < -0.39 is 5.54 Å². The van der Waals surface area contributed by atoms with Crippen LogP contribution in [0, 0.1) is 0 Å². The number of nitrogens with zero attached hydrogens (tertiary/aromatic N) is 4. The second-order valence-electron chi connectivity index (χ2n) is 11.0. The van der Waals surface area contributed by atoms with Crippen molar-refractivity contribution in [3.05, 3.63) is 24.1 Å². The Labute approximate surface area is 208 Å². The fraction of sp³-hybridized carbons (Fsp3) is 0.704. The van der Waals surface area contributed by atoms with Gasteiger partial charge in [-0.3, -0.25) is 9.59 Å². The highest BCUT2D eigenvalue weighted by molar-refractivity contribution is 6.02. The molecule has 4 heterocycles. The van der Waals surface area contributed by atoms with Crippen molar-refractivity contribution < 1.29 is 14.0 Å². The van der Waals surface area contributed by atoms with Crippen molar-refractivity contribution in [3.8, 4) is 0 Å². The van der Waals surface area contributed by atoms with Crippen LogP contribution in [0.15, 0.2) is 22.8 Å². The van der Waals surface area contributed by atoms with Crippen LogP contribution < -0.4 is 5.32 Å². The summed E-state index contributed by atoms with van der Waals surface area (Å²) in [5, 5.41) is 3.37. The van der Waals surface area contributed by atoms with Crippen molar-refractivity contribution in [1.82, 2.24) is 24.6 Å². The normalized spacial score (nSPS) is 25.4. The van der Waals surface area contributed by atoms with Crippen LogP contribution in [0.25, 0.3) is 11.1 Å². The Morgan fingerprint density at radius 3 is 2.54 bits per heavy atom. The molecule has 192 valence electrons. The first-order valence-corrected chi connectivity index (χ1v) is 13.6. The first-order valence-electron chi connectivity index (χ1n) is 13.6. The fourth-order valence-electron chi connectivity index (χ4n) is 6.09. The van der Waals surface area contributed by atoms with Gasteiger partial charge >= 0.3 is 0 Å². The molecule has 1 saturated heterocycles. The maximum Gasteiger partial charge on any atom is 0.271 e. The summed E-state index contributed by atoms with van der Waals surface area (Å²) in [4.78, 5) is 34.3. The van der Waals surface area contributed by atoms with Crippen LogP contribution in [0.4, 0.5) is 0 Å². The van der Waals surface area contributed by atoms with Gasteiger partial charge in [-0.1, -0.05) is 32.1 Å². The zero-order chi connectivity index (χ0) is 24.4. The zero-order valence-electron chi connectivity index (χ0n) is 21.4. The third-order valence-corrected chi connectivity index (χ3v) is 8.43. The molecule has 1 unspecified atom stereocenters. The topological polar surface area (TPSA) is 74.0 Å². The molecule has 1 N–H and O–H groups in total. The lowest BCUT2D eigenvalue weighted by Crippen LogP contribution is -2.65. The first-order chi connectivity index (χ1) is 17.0. The van der Waals surface area contributed by atoms with Gasteiger partial charge in [-0.05, 0) is 39.8 Å². The largest absolute Gasteiger partial charge is 0.463 e. The van der Waals surface area contributed by atoms with Crippen LogP contribution in [0.2, 0.25) is 0 Å². The Balaban J connectivity index is 1.35. The fourth-order valence-corrected chi connectivity index (χ4v) is 6.09. The molecule has 0 spiro atoms. The molecule has 2 fully saturated rings. The second kappa shape index (κ2) is 10.3. The molecule has 0 bridgehead atoms. The number of hydrogen-bond acceptors (Lipinski definition) is 5. The Hall–Kier alpha value is -2.32. The molecule has 2 aromatic rings. The number of likely N-dealkylation sites (N-methyl/N-ethyl adjacent to an activating group) is 1. The molecule has 35 heavy (non-hydrogen) atoms. The van der Waals surface area contributed by atoms with Gasteiger partial charge < -0.3 is 29.0 Å². The van der Waals surface area contributed by atoms with Crippen molar-refractivity contribution in [3.63, 3.8) is 0 Å². The molecule has 8 nitrogen and oxygen atoms in total. The quantitative estimate of drug-likeness (QED) is 0.682. The van der Waals surface area contributed by atoms with Gasteiger partial charge in [0.15, 0.2) is 5.58 Å². The number of amides is 2. The number of hydrogen-bond donors (Lipinski definition) is 1. The molecule has 2 aliphatic heterocycles. The number of furan rings is 1. The number of piperazine rings is 1. The highest BCUT2D eigenvalue weighted by atomic mass is 16.3. The van der Waals surface area contributed by atoms with E-state index in [1.54, 1.807) is 6.26 Å². The predicted octanol–water partition coefficient (Wildman–Crippen LogP) is 3.32. The molecule has 0 aromatic carbocycles. The number of fused-ring (bicyclic) bond motifs is 3. The molecule has 3 aliphatic rings. The average molecular weight is 484 g/mol. The summed E-state index contributed by atoms with van der Waals surface area (Å²) >= 11 is 0. The second-order valence-corrected chi connectivity index (χ2v) is 11.0. The third kappa shape index (κ3) is 5.00. The lowest BCUT2D eigenvalue weighted by Gasteiger charge is -2.45. The maximum atomic E-state index is 13.9. The zero-order valence-corrected chi connectivity index (χ0v) is 21.4. The number of carbonyl (C=O) groups is 2. The van der Waals surface area contributed by atoms with Crippen LogP contribution >= 0.6 is 0 Å². The van der Waals surface area contributed by atoms with Gasteiger partial charge in [-0.2, -0.15) is 0 Å². The highest BCUT2D eigenvalue weighted by Gasteiger charge is 2.48. The van der Waals surface area contributed by atoms with E-state index in [1.807, 2.05) is 28.5 Å². The predicted molar refractivity (Wildman–Crippen MR) is 136 cm³/mol. The standard InChI is InChI=1S/C27H41N5O3/c1-27(26(34)28-21-9-6-4-3-5-7-10-21)20-31-22-11-18-35-24(22)19-23(31)25(33)32(27)13-8-12-30-16-14-29(2)15-17-30/h11,18-19,21H,3-10,12-17,20H2,1-2H3,(H,28,34). The van der Waals surface area contributed by atoms with Crippen LogP contribution in [0.3, 0.4) is 0 Å². The summed E-state index contributed by atoms with van der Waals surface area (Å²) in [5.74, 6) is -0.0941. The number of aromatic nitrogens is 1. The van der Waals surface area contributed by atoms with Crippen molar-refractivity contribution in [1.29, 1.82) is 0 Å². The first kappa shape index (κ1) is 24.4. The smallest absolute Gasteiger partial charge is 0.271 e. The van der Waals surface area contributed by atoms with Gasteiger partial charge in [0.2, 0.25) is 5.91 Å². The third-order valence-electron chi connectivity index (χ3n) is 8.43. The Morgan fingerprint density at radius 2 is 1.80 bits per heavy atom. The lowest BCUT2D eigenvalue weighted by atomic mass is 9.92. The molecule has 2 amide bonds. The van der Waals surface area contributed by atoms with E-state index in [2.05, 4.69) is 22.2 Å². The highest BCUT2D eigenvalue weighted by Crippen LogP contribution is 2.33. The molecule has 2 aromatic heterocycles. The van der Waals surface area contributed by atoms with Crippen LogP contribution in [-0.4, -0.2) is 89.0 Å². The summed E-state index contributed by atoms with van der Waals surface area (Å²) in [5.41, 5.74) is 1.28. The molecule has 1 saturated carbocycles. The molecule has 0 radical (unpaired) electrons. The lowest BCUT2D eigenvalue weighted by molar-refractivity contribution is -0.133. The summed E-state index contributed by atoms with van der Waals surface area (Å²) < 4.78 is 7.58. The maximum absolute atomic E-state index is 13.9. The van der Waals surface area contributed by atoms with Crippen molar-refractivity contribution in [2.24, 2.45) is 0 Å². The van der Waals surface area contributed by atoms with Gasteiger partial charge in [-0.15, -0.1) is 0 Å². The molecule has 1 aliphatic carbocycles. The molecular weight excluding hydrogens is 442 g/mol. The average Bonchev–Trinajstić information content (AvgIpc) is 3.41. The van der Waals surface area contributed by atoms with Crippen LogP contribution in [-0.2, 0) is 11.3 Å². The van der Waals surface area contributed by atoms with Crippen LogP contribution in [0.5, 0.6) is 0 Å². The summed E-state index contributed by atoms with van der Waals surface area (Å²) in [6.07, 6.45) is 10.7. The van der Waals surface area contributed by atoms with Crippen molar-refractivity contribution in [2.75, 3.05) is 46.3 Å². The molecule has 1 atom stereocenters. The minimum Gasteiger partial charge on any atom is -0.463 e. The summed E-state index contributed by atoms with van der Waals surface area (Å²) in [6, 6.07) is 3.92. The van der Waals surface area contributed by atoms with Gasteiger partial charge in [0.05, 0.1) is 18.3 Å². The minimum absolute atomic E-state index is 0.0213. The van der Waals surface area contributed by atoms with E-state index in [0.717, 1.165) is 70.3 Å². The van der Waals surface area contributed by atoms with E-state index >= 15 is 0 Å². The SMILES string of the molecule is CN1CCN(CCCN2C(=O)c3cc4occc4n3CC2(C)C(=O)NC2CCCCCCC2)CC1. The molecule has 5 rings (SSSR count). The van der Waals surface area contributed by atoms with Crippen LogP contribution in [0.1, 0.15) is 68.8 Å². The number of nitrogens with one attached hydrogen (secondary N) is 1. The van der Waals surface area contributed by atoms with E-state index in [4.69, 9.17) is 4.42 Å². The van der Waals surface area contributed by atoms with E-state index in [1.165, 1.54) is 19.3 Å². The summed E-state index contributed by atoms with van der Waals surface area (Å²) in [7, 11) is 2.16. The van der Waals surface area contributed by atoms with Gasteiger partial charge in [-0.25, -0.2) is 0 Å². The number of rotatable bonds is 6. The van der Waals surface area contributed by atoms with E-state index in [-0.39, 0.29) is 17.9 Å². The van der Waals surface area contributed by atoms with Gasteiger partial charge in [0.25, 0.3) is 5.91 Å². The Kier molecular flexibility index (Phi) is 7.21. The molecule has 8 heteroatoms. The van der Waals surface area contributed by atoms with E-state index in [9.17, 15) is 9.59 Å². The van der Waals surface area contributed by atoms with Crippen molar-refractivity contribution >= 4 is 22.9 Å². The Morgan fingerprint density at radius 1 is 1.09 bits per heavy atom. The monoisotopic (exact) mass is 483 g/mol. The summed E-state index contributed by atoms with van der Waals surface area (Å²) in [6.45, 7) is 8.20.